The third-order valence-electron chi connectivity index (χ3n) is 3.76. The van der Waals surface area contributed by atoms with Crippen molar-refractivity contribution in [3.63, 3.8) is 0 Å². The number of carbonyl (C=O) groups is 2. The molecule has 1 heterocycles. The molecule has 0 saturated heterocycles. The Morgan fingerprint density at radius 3 is 2.81 bits per heavy atom. The third kappa shape index (κ3) is 4.44. The molecular formula is C15H21N3O3. The number of aromatic nitrogens is 1. The summed E-state index contributed by atoms with van der Waals surface area (Å²) in [6.45, 7) is 0. The van der Waals surface area contributed by atoms with Crippen LogP contribution in [0.4, 0.5) is 10.5 Å². The average molecular weight is 291 g/mol. The zero-order valence-corrected chi connectivity index (χ0v) is 12.2. The number of carbonyl (C=O) groups excluding carboxylic acids is 2. The van der Waals surface area contributed by atoms with E-state index in [-0.39, 0.29) is 24.0 Å². The minimum atomic E-state index is -0.316. The summed E-state index contributed by atoms with van der Waals surface area (Å²) in [5.41, 5.74) is 0.623. The number of anilines is 1. The number of pyridine rings is 1. The van der Waals surface area contributed by atoms with E-state index in [4.69, 9.17) is 4.74 Å². The van der Waals surface area contributed by atoms with Crippen LogP contribution in [0.1, 0.15) is 32.1 Å². The summed E-state index contributed by atoms with van der Waals surface area (Å²) in [7, 11) is 1.39. The van der Waals surface area contributed by atoms with Crippen LogP contribution < -0.4 is 10.6 Å². The zero-order chi connectivity index (χ0) is 15.1. The molecule has 0 bridgehead atoms. The second kappa shape index (κ2) is 7.61. The van der Waals surface area contributed by atoms with Crippen molar-refractivity contribution in [1.29, 1.82) is 0 Å². The molecule has 0 spiro atoms. The van der Waals surface area contributed by atoms with Gasteiger partial charge in [0.25, 0.3) is 0 Å². The first-order valence-electron chi connectivity index (χ1n) is 7.26. The zero-order valence-electron chi connectivity index (χ0n) is 12.2. The Kier molecular flexibility index (Phi) is 5.54. The Morgan fingerprint density at radius 1 is 1.29 bits per heavy atom. The molecule has 6 nitrogen and oxygen atoms in total. The van der Waals surface area contributed by atoms with Gasteiger partial charge >= 0.3 is 12.0 Å². The van der Waals surface area contributed by atoms with Crippen molar-refractivity contribution in [2.45, 2.75) is 38.1 Å². The van der Waals surface area contributed by atoms with Crippen LogP contribution in [0, 0.1) is 5.92 Å². The maximum Gasteiger partial charge on any atom is 0.319 e. The molecule has 114 valence electrons. The van der Waals surface area contributed by atoms with Gasteiger partial charge in [-0.3, -0.25) is 9.78 Å². The quantitative estimate of drug-likeness (QED) is 0.661. The largest absolute Gasteiger partial charge is 0.469 e. The van der Waals surface area contributed by atoms with Gasteiger partial charge in [0.1, 0.15) is 0 Å². The first kappa shape index (κ1) is 15.3. The minimum absolute atomic E-state index is 0.184. The normalized spacial score (nSPS) is 22.0. The number of amides is 2. The number of esters is 1. The number of nitrogens with one attached hydrogen (secondary N) is 2. The monoisotopic (exact) mass is 291 g/mol. The molecule has 2 N–H and O–H groups in total. The highest BCUT2D eigenvalue weighted by Gasteiger charge is 2.31. The molecular weight excluding hydrogens is 270 g/mol. The maximum absolute atomic E-state index is 12.0. The highest BCUT2D eigenvalue weighted by Crippen LogP contribution is 2.24. The van der Waals surface area contributed by atoms with Crippen molar-refractivity contribution in [1.82, 2.24) is 10.3 Å². The maximum atomic E-state index is 12.0. The van der Waals surface area contributed by atoms with Gasteiger partial charge in [0, 0.05) is 12.2 Å². The van der Waals surface area contributed by atoms with Crippen molar-refractivity contribution >= 4 is 17.7 Å². The van der Waals surface area contributed by atoms with Gasteiger partial charge in [-0.05, 0) is 25.0 Å². The number of methoxy groups -OCH3 is 1. The number of urea groups is 1. The molecule has 6 heteroatoms. The van der Waals surface area contributed by atoms with Gasteiger partial charge in [-0.25, -0.2) is 4.79 Å². The van der Waals surface area contributed by atoms with Crippen LogP contribution in [0.25, 0.3) is 0 Å². The molecule has 2 atom stereocenters. The first-order valence-corrected chi connectivity index (χ1v) is 7.26. The van der Waals surface area contributed by atoms with E-state index in [9.17, 15) is 9.59 Å². The number of hydrogen-bond acceptors (Lipinski definition) is 4. The Bertz CT molecular complexity index is 478. The van der Waals surface area contributed by atoms with Gasteiger partial charge in [-0.1, -0.05) is 19.3 Å². The van der Waals surface area contributed by atoms with Crippen LogP contribution in [-0.2, 0) is 9.53 Å². The summed E-state index contributed by atoms with van der Waals surface area (Å²) in [6.07, 6.45) is 7.83. The molecule has 2 rings (SSSR count). The van der Waals surface area contributed by atoms with Crippen LogP contribution >= 0.6 is 0 Å². The fourth-order valence-corrected chi connectivity index (χ4v) is 2.69. The van der Waals surface area contributed by atoms with Crippen LogP contribution in [0.5, 0.6) is 0 Å². The van der Waals surface area contributed by atoms with E-state index in [2.05, 4.69) is 15.6 Å². The fourth-order valence-electron chi connectivity index (χ4n) is 2.69. The lowest BCUT2D eigenvalue weighted by atomic mass is 9.95. The number of hydrogen-bond donors (Lipinski definition) is 2. The number of nitrogens with zero attached hydrogens (tertiary/aromatic N) is 1. The van der Waals surface area contributed by atoms with Crippen LogP contribution in [0.15, 0.2) is 24.5 Å². The molecule has 0 radical (unpaired) electrons. The summed E-state index contributed by atoms with van der Waals surface area (Å²) in [5.74, 6) is -0.513. The summed E-state index contributed by atoms with van der Waals surface area (Å²) >= 11 is 0. The SMILES string of the molecule is COC(=O)[C@H]1CCCCC[C@@H]1NC(=O)Nc1cccnc1. The standard InChI is InChI=1S/C15H21N3O3/c1-21-14(19)12-7-3-2-4-8-13(12)18-15(20)17-11-6-5-9-16-10-11/h5-6,9-10,12-13H,2-4,7-8H2,1H3,(H2,17,18,20)/t12-,13-/m0/s1. The van der Waals surface area contributed by atoms with E-state index in [1.54, 1.807) is 24.5 Å². The van der Waals surface area contributed by atoms with E-state index >= 15 is 0 Å². The van der Waals surface area contributed by atoms with Crippen LogP contribution in [0.3, 0.4) is 0 Å². The smallest absolute Gasteiger partial charge is 0.319 e. The van der Waals surface area contributed by atoms with Crippen LogP contribution in [0.2, 0.25) is 0 Å². The van der Waals surface area contributed by atoms with E-state index in [1.165, 1.54) is 7.11 Å². The third-order valence-corrected chi connectivity index (χ3v) is 3.76. The van der Waals surface area contributed by atoms with Crippen molar-refractivity contribution < 1.29 is 14.3 Å². The van der Waals surface area contributed by atoms with E-state index < -0.39 is 0 Å². The summed E-state index contributed by atoms with van der Waals surface area (Å²) in [6, 6.07) is 3.01. The lowest BCUT2D eigenvalue weighted by molar-refractivity contribution is -0.146. The molecule has 1 fully saturated rings. The van der Waals surface area contributed by atoms with Crippen molar-refractivity contribution in [2.24, 2.45) is 5.92 Å². The Labute approximate surface area is 124 Å². The van der Waals surface area contributed by atoms with Gasteiger partial charge in [0.05, 0.1) is 24.9 Å². The van der Waals surface area contributed by atoms with Gasteiger partial charge in [0.2, 0.25) is 0 Å². The van der Waals surface area contributed by atoms with E-state index in [0.29, 0.717) is 5.69 Å². The number of rotatable bonds is 3. The second-order valence-electron chi connectivity index (χ2n) is 5.21. The lowest BCUT2D eigenvalue weighted by Crippen LogP contribution is -2.45. The lowest BCUT2D eigenvalue weighted by Gasteiger charge is -2.24. The molecule has 21 heavy (non-hydrogen) atoms. The van der Waals surface area contributed by atoms with Crippen molar-refractivity contribution in [2.75, 3.05) is 12.4 Å². The molecule has 2 amide bonds. The van der Waals surface area contributed by atoms with E-state index in [1.807, 2.05) is 0 Å². The van der Waals surface area contributed by atoms with Crippen molar-refractivity contribution in [3.8, 4) is 0 Å². The highest BCUT2D eigenvalue weighted by molar-refractivity contribution is 5.89. The fraction of sp³-hybridized carbons (Fsp3) is 0.533. The highest BCUT2D eigenvalue weighted by atomic mass is 16.5. The molecule has 1 aromatic heterocycles. The molecule has 1 aliphatic carbocycles. The predicted octanol–water partition coefficient (Wildman–Crippen LogP) is 2.33. The van der Waals surface area contributed by atoms with E-state index in [0.717, 1.165) is 32.1 Å². The molecule has 0 aromatic carbocycles. The second-order valence-corrected chi connectivity index (χ2v) is 5.21. The topological polar surface area (TPSA) is 80.3 Å². The van der Waals surface area contributed by atoms with Crippen LogP contribution in [-0.4, -0.2) is 30.1 Å². The molecule has 1 aliphatic rings. The van der Waals surface area contributed by atoms with Crippen molar-refractivity contribution in [3.05, 3.63) is 24.5 Å². The van der Waals surface area contributed by atoms with Gasteiger partial charge in [-0.2, -0.15) is 0 Å². The Hall–Kier alpha value is -2.11. The summed E-state index contributed by atoms with van der Waals surface area (Å²) in [4.78, 5) is 27.9. The molecule has 1 aromatic rings. The predicted molar refractivity (Wildman–Crippen MR) is 78.8 cm³/mol. The summed E-state index contributed by atoms with van der Waals surface area (Å²) < 4.78 is 4.85. The molecule has 0 unspecified atom stereocenters. The minimum Gasteiger partial charge on any atom is -0.469 e. The van der Waals surface area contributed by atoms with Gasteiger partial charge in [-0.15, -0.1) is 0 Å². The summed E-state index contributed by atoms with van der Waals surface area (Å²) in [5, 5.41) is 5.62. The first-order chi connectivity index (χ1) is 10.2. The number of ether oxygens (including phenoxy) is 1. The molecule has 0 aliphatic heterocycles. The molecule has 1 saturated carbocycles. The Morgan fingerprint density at radius 2 is 2.10 bits per heavy atom. The van der Waals surface area contributed by atoms with Gasteiger partial charge < -0.3 is 15.4 Å². The average Bonchev–Trinajstić information content (AvgIpc) is 2.73. The Balaban J connectivity index is 1.97. The van der Waals surface area contributed by atoms with Gasteiger partial charge in [0.15, 0.2) is 0 Å².